The monoisotopic (exact) mass is 216 g/mol. The van der Waals surface area contributed by atoms with E-state index in [1.54, 1.807) is 6.92 Å². The summed E-state index contributed by atoms with van der Waals surface area (Å²) in [5.74, 6) is -1.06. The smallest absolute Gasteiger partial charge is 0.236 e. The van der Waals surface area contributed by atoms with Gasteiger partial charge in [-0.3, -0.25) is 9.59 Å². The Bertz CT molecular complexity index is 233. The summed E-state index contributed by atoms with van der Waals surface area (Å²) >= 11 is 0. The molecule has 0 unspecified atom stereocenters. The van der Waals surface area contributed by atoms with Crippen LogP contribution in [-0.2, 0) is 14.3 Å². The normalized spacial score (nSPS) is 13.3. The second-order valence-corrected chi connectivity index (χ2v) is 4.51. The molecule has 5 nitrogen and oxygen atoms in total. The van der Waals surface area contributed by atoms with Crippen molar-refractivity contribution in [3.05, 3.63) is 0 Å². The molecular formula is C10H20N2O3. The first kappa shape index (κ1) is 13.9. The maximum atomic E-state index is 11.4. The lowest BCUT2D eigenvalue weighted by Crippen LogP contribution is -2.38. The standard InChI is InChI=1S/C10H20N2O3/c1-7(6-15-10(2,3)4)9(14)12-5-8(11)13/h7H,5-6H2,1-4H3,(H2,11,13)(H,12,14)/t7-/m0/s1. The largest absolute Gasteiger partial charge is 0.375 e. The van der Waals surface area contributed by atoms with Crippen LogP contribution in [0.5, 0.6) is 0 Å². The molecule has 0 spiro atoms. The van der Waals surface area contributed by atoms with Crippen molar-refractivity contribution in [3.63, 3.8) is 0 Å². The molecule has 0 aliphatic rings. The van der Waals surface area contributed by atoms with Crippen molar-refractivity contribution < 1.29 is 14.3 Å². The fraction of sp³-hybridized carbons (Fsp3) is 0.800. The molecule has 0 bridgehead atoms. The van der Waals surface area contributed by atoms with Crippen molar-refractivity contribution >= 4 is 11.8 Å². The van der Waals surface area contributed by atoms with E-state index in [1.165, 1.54) is 0 Å². The summed E-state index contributed by atoms with van der Waals surface area (Å²) in [6, 6.07) is 0. The third-order valence-corrected chi connectivity index (χ3v) is 1.65. The lowest BCUT2D eigenvalue weighted by molar-refractivity contribution is -0.130. The average molecular weight is 216 g/mol. The zero-order valence-corrected chi connectivity index (χ0v) is 9.79. The Morgan fingerprint density at radius 2 is 1.93 bits per heavy atom. The zero-order valence-electron chi connectivity index (χ0n) is 9.79. The third-order valence-electron chi connectivity index (χ3n) is 1.65. The van der Waals surface area contributed by atoms with Crippen molar-refractivity contribution in [2.45, 2.75) is 33.3 Å². The van der Waals surface area contributed by atoms with E-state index in [9.17, 15) is 9.59 Å². The number of carbonyl (C=O) groups excluding carboxylic acids is 2. The van der Waals surface area contributed by atoms with Crippen LogP contribution in [0.25, 0.3) is 0 Å². The van der Waals surface area contributed by atoms with E-state index in [2.05, 4.69) is 5.32 Å². The minimum atomic E-state index is -0.549. The second kappa shape index (κ2) is 5.70. The van der Waals surface area contributed by atoms with E-state index < -0.39 is 5.91 Å². The third kappa shape index (κ3) is 7.93. The fourth-order valence-corrected chi connectivity index (χ4v) is 0.799. The summed E-state index contributed by atoms with van der Waals surface area (Å²) in [4.78, 5) is 21.8. The molecule has 1 atom stereocenters. The molecule has 3 N–H and O–H groups in total. The Hall–Kier alpha value is -1.10. The van der Waals surface area contributed by atoms with E-state index in [-0.39, 0.29) is 24.0 Å². The molecule has 0 aromatic rings. The molecule has 0 saturated heterocycles. The topological polar surface area (TPSA) is 81.4 Å². The number of rotatable bonds is 5. The SMILES string of the molecule is C[C@@H](COC(C)(C)C)C(=O)NCC(N)=O. The Morgan fingerprint density at radius 1 is 1.40 bits per heavy atom. The van der Waals surface area contributed by atoms with Crippen LogP contribution < -0.4 is 11.1 Å². The molecule has 5 heteroatoms. The lowest BCUT2D eigenvalue weighted by atomic mass is 10.1. The van der Waals surface area contributed by atoms with Gasteiger partial charge in [-0.25, -0.2) is 0 Å². The van der Waals surface area contributed by atoms with Crippen LogP contribution in [-0.4, -0.2) is 30.6 Å². The Balaban J connectivity index is 3.84. The summed E-state index contributed by atoms with van der Waals surface area (Å²) in [5, 5.41) is 2.42. The van der Waals surface area contributed by atoms with Crippen LogP contribution in [0.3, 0.4) is 0 Å². The van der Waals surface area contributed by atoms with Gasteiger partial charge in [-0.2, -0.15) is 0 Å². The van der Waals surface area contributed by atoms with Gasteiger partial charge < -0.3 is 15.8 Å². The Labute approximate surface area is 90.4 Å². The molecule has 2 amide bonds. The van der Waals surface area contributed by atoms with Gasteiger partial charge in [0.2, 0.25) is 11.8 Å². The first-order valence-corrected chi connectivity index (χ1v) is 4.92. The molecule has 0 aromatic heterocycles. The lowest BCUT2D eigenvalue weighted by Gasteiger charge is -2.22. The second-order valence-electron chi connectivity index (χ2n) is 4.51. The minimum Gasteiger partial charge on any atom is -0.375 e. The van der Waals surface area contributed by atoms with Crippen LogP contribution in [0.2, 0.25) is 0 Å². The van der Waals surface area contributed by atoms with Gasteiger partial charge in [0.1, 0.15) is 0 Å². The van der Waals surface area contributed by atoms with Gasteiger partial charge in [0.15, 0.2) is 0 Å². The molecule has 0 aliphatic carbocycles. The number of amides is 2. The zero-order chi connectivity index (χ0) is 12.1. The van der Waals surface area contributed by atoms with Gasteiger partial charge in [-0.1, -0.05) is 6.92 Å². The number of primary amides is 1. The Kier molecular flexibility index (Phi) is 5.28. The molecule has 88 valence electrons. The first-order valence-electron chi connectivity index (χ1n) is 4.92. The highest BCUT2D eigenvalue weighted by molar-refractivity contribution is 5.84. The molecule has 0 radical (unpaired) electrons. The summed E-state index contributed by atoms with van der Waals surface area (Å²) < 4.78 is 5.44. The minimum absolute atomic E-state index is 0.126. The van der Waals surface area contributed by atoms with Crippen LogP contribution in [0.1, 0.15) is 27.7 Å². The Morgan fingerprint density at radius 3 is 2.33 bits per heavy atom. The number of carbonyl (C=O) groups is 2. The number of ether oxygens (including phenoxy) is 1. The predicted octanol–water partition coefficient (Wildman–Crippen LogP) is 0.0391. The van der Waals surface area contributed by atoms with Crippen molar-refractivity contribution in [1.82, 2.24) is 5.32 Å². The molecule has 0 rings (SSSR count). The van der Waals surface area contributed by atoms with E-state index in [0.29, 0.717) is 6.61 Å². The van der Waals surface area contributed by atoms with Crippen LogP contribution in [0.15, 0.2) is 0 Å². The van der Waals surface area contributed by atoms with Crippen molar-refractivity contribution in [3.8, 4) is 0 Å². The molecule has 0 fully saturated rings. The van der Waals surface area contributed by atoms with Crippen molar-refractivity contribution in [1.29, 1.82) is 0 Å². The molecule has 0 aromatic carbocycles. The predicted molar refractivity (Wildman–Crippen MR) is 57.1 cm³/mol. The number of nitrogens with two attached hydrogens (primary N) is 1. The van der Waals surface area contributed by atoms with Crippen LogP contribution in [0, 0.1) is 5.92 Å². The maximum absolute atomic E-state index is 11.4. The molecular weight excluding hydrogens is 196 g/mol. The van der Waals surface area contributed by atoms with Gasteiger partial charge in [-0.05, 0) is 20.8 Å². The quantitative estimate of drug-likeness (QED) is 0.680. The average Bonchev–Trinajstić information content (AvgIpc) is 2.08. The summed E-state index contributed by atoms with van der Waals surface area (Å²) in [6.45, 7) is 7.69. The molecule has 0 saturated carbocycles. The van der Waals surface area contributed by atoms with Gasteiger partial charge in [0.25, 0.3) is 0 Å². The summed E-state index contributed by atoms with van der Waals surface area (Å²) in [5.41, 5.74) is 4.63. The summed E-state index contributed by atoms with van der Waals surface area (Å²) in [6.07, 6.45) is 0. The number of hydrogen-bond donors (Lipinski definition) is 2. The number of nitrogens with one attached hydrogen (secondary N) is 1. The van der Waals surface area contributed by atoms with E-state index in [4.69, 9.17) is 10.5 Å². The summed E-state index contributed by atoms with van der Waals surface area (Å²) in [7, 11) is 0. The highest BCUT2D eigenvalue weighted by Crippen LogP contribution is 2.09. The molecule has 0 heterocycles. The molecule has 0 aliphatic heterocycles. The van der Waals surface area contributed by atoms with Crippen LogP contribution >= 0.6 is 0 Å². The maximum Gasteiger partial charge on any atom is 0.236 e. The van der Waals surface area contributed by atoms with Crippen LogP contribution in [0.4, 0.5) is 0 Å². The molecule has 15 heavy (non-hydrogen) atoms. The fourth-order valence-electron chi connectivity index (χ4n) is 0.799. The van der Waals surface area contributed by atoms with Crippen molar-refractivity contribution in [2.75, 3.05) is 13.2 Å². The van der Waals surface area contributed by atoms with E-state index in [0.717, 1.165) is 0 Å². The highest BCUT2D eigenvalue weighted by atomic mass is 16.5. The first-order chi connectivity index (χ1) is 6.72. The van der Waals surface area contributed by atoms with Gasteiger partial charge in [0.05, 0.1) is 24.7 Å². The van der Waals surface area contributed by atoms with Crippen molar-refractivity contribution in [2.24, 2.45) is 11.7 Å². The number of hydrogen-bond acceptors (Lipinski definition) is 3. The highest BCUT2D eigenvalue weighted by Gasteiger charge is 2.17. The van der Waals surface area contributed by atoms with Gasteiger partial charge in [0, 0.05) is 0 Å². The van der Waals surface area contributed by atoms with E-state index in [1.807, 2.05) is 20.8 Å². The van der Waals surface area contributed by atoms with E-state index >= 15 is 0 Å². The van der Waals surface area contributed by atoms with Gasteiger partial charge >= 0.3 is 0 Å². The van der Waals surface area contributed by atoms with Gasteiger partial charge in [-0.15, -0.1) is 0 Å².